The van der Waals surface area contributed by atoms with Crippen molar-refractivity contribution in [1.82, 2.24) is 20.4 Å². The van der Waals surface area contributed by atoms with Gasteiger partial charge >= 0.3 is 6.09 Å². The smallest absolute Gasteiger partial charge is 0.410 e. The molecule has 1 spiro atoms. The van der Waals surface area contributed by atoms with Gasteiger partial charge in [0.25, 0.3) is 0 Å². The van der Waals surface area contributed by atoms with Gasteiger partial charge in [-0.3, -0.25) is 14.5 Å². The van der Waals surface area contributed by atoms with Gasteiger partial charge in [0.2, 0.25) is 11.8 Å². The van der Waals surface area contributed by atoms with Gasteiger partial charge in [0.05, 0.1) is 6.07 Å². The predicted octanol–water partition coefficient (Wildman–Crippen LogP) is 0.996. The van der Waals surface area contributed by atoms with Crippen LogP contribution in [0.4, 0.5) is 4.79 Å². The normalized spacial score (nSPS) is 29.2. The molecule has 0 bridgehead atoms. The summed E-state index contributed by atoms with van der Waals surface area (Å²) in [4.78, 5) is 41.8. The molecule has 3 atom stereocenters. The lowest BCUT2D eigenvalue weighted by atomic mass is 9.67. The van der Waals surface area contributed by atoms with Crippen molar-refractivity contribution in [2.45, 2.75) is 69.6 Å². The SMILES string of the molecule is CN1CCC(OC(=O)N2CC3(CCC3)C[C@H]2C(=O)N[C@H](C#N)C[C@@H]2CCNC2=O)CC1. The van der Waals surface area contributed by atoms with Crippen LogP contribution >= 0.6 is 0 Å². The van der Waals surface area contributed by atoms with Crippen LogP contribution in [0.3, 0.4) is 0 Å². The Morgan fingerprint density at radius 2 is 2.06 bits per heavy atom. The Bertz CT molecular complexity index is 753. The third kappa shape index (κ3) is 4.79. The Kier molecular flexibility index (Phi) is 6.37. The van der Waals surface area contributed by atoms with E-state index in [1.54, 1.807) is 4.90 Å². The molecule has 3 amide bonds. The molecule has 31 heavy (non-hydrogen) atoms. The third-order valence-corrected chi connectivity index (χ3v) is 7.55. The number of nitrogens with zero attached hydrogens (tertiary/aromatic N) is 3. The maximum absolute atomic E-state index is 13.1. The van der Waals surface area contributed by atoms with Gasteiger partial charge in [-0.15, -0.1) is 0 Å². The Morgan fingerprint density at radius 1 is 1.32 bits per heavy atom. The monoisotopic (exact) mass is 431 g/mol. The van der Waals surface area contributed by atoms with Gasteiger partial charge in [-0.25, -0.2) is 4.79 Å². The second-order valence-corrected chi connectivity index (χ2v) is 9.79. The van der Waals surface area contributed by atoms with Crippen LogP contribution in [0, 0.1) is 22.7 Å². The predicted molar refractivity (Wildman–Crippen MR) is 112 cm³/mol. The van der Waals surface area contributed by atoms with Gasteiger partial charge in [0.15, 0.2) is 0 Å². The van der Waals surface area contributed by atoms with E-state index in [2.05, 4.69) is 28.7 Å². The average Bonchev–Trinajstić information content (AvgIpc) is 3.33. The highest BCUT2D eigenvalue weighted by Gasteiger charge is 2.52. The first kappa shape index (κ1) is 21.9. The first-order valence-corrected chi connectivity index (χ1v) is 11.5. The molecule has 0 aromatic carbocycles. The van der Waals surface area contributed by atoms with Gasteiger partial charge < -0.3 is 20.3 Å². The van der Waals surface area contributed by atoms with Crippen LogP contribution in [0.25, 0.3) is 0 Å². The Labute approximate surface area is 183 Å². The van der Waals surface area contributed by atoms with E-state index in [9.17, 15) is 19.6 Å². The van der Waals surface area contributed by atoms with Crippen LogP contribution < -0.4 is 10.6 Å². The van der Waals surface area contributed by atoms with E-state index >= 15 is 0 Å². The molecule has 4 aliphatic rings. The maximum Gasteiger partial charge on any atom is 0.410 e. The van der Waals surface area contributed by atoms with E-state index in [0.29, 0.717) is 32.4 Å². The molecule has 4 rings (SSSR count). The topological polar surface area (TPSA) is 115 Å². The zero-order chi connectivity index (χ0) is 22.0. The van der Waals surface area contributed by atoms with Gasteiger partial charge in [-0.1, -0.05) is 6.42 Å². The molecule has 4 fully saturated rings. The van der Waals surface area contributed by atoms with Crippen LogP contribution in [0.15, 0.2) is 0 Å². The minimum absolute atomic E-state index is 0.00128. The highest BCUT2D eigenvalue weighted by molar-refractivity contribution is 5.87. The van der Waals surface area contributed by atoms with Gasteiger partial charge in [0.1, 0.15) is 18.2 Å². The van der Waals surface area contributed by atoms with E-state index in [-0.39, 0.29) is 29.3 Å². The number of likely N-dealkylation sites (tertiary alicyclic amines) is 2. The largest absolute Gasteiger partial charge is 0.446 e. The molecule has 0 aromatic rings. The summed E-state index contributed by atoms with van der Waals surface area (Å²) in [7, 11) is 2.06. The fraction of sp³-hybridized carbons (Fsp3) is 0.818. The van der Waals surface area contributed by atoms with Crippen molar-refractivity contribution in [1.29, 1.82) is 5.26 Å². The second-order valence-electron chi connectivity index (χ2n) is 9.79. The Hall–Kier alpha value is -2.34. The summed E-state index contributed by atoms with van der Waals surface area (Å²) in [6.07, 6.45) is 5.81. The maximum atomic E-state index is 13.1. The number of carbonyl (C=O) groups excluding carboxylic acids is 3. The summed E-state index contributed by atoms with van der Waals surface area (Å²) in [5.74, 6) is -0.627. The molecule has 0 unspecified atom stereocenters. The zero-order valence-corrected chi connectivity index (χ0v) is 18.3. The minimum Gasteiger partial charge on any atom is -0.446 e. The van der Waals surface area contributed by atoms with Crippen molar-refractivity contribution in [3.63, 3.8) is 0 Å². The van der Waals surface area contributed by atoms with Gasteiger partial charge in [0, 0.05) is 32.1 Å². The van der Waals surface area contributed by atoms with Crippen molar-refractivity contribution in [3.05, 3.63) is 0 Å². The molecule has 3 aliphatic heterocycles. The third-order valence-electron chi connectivity index (χ3n) is 7.55. The summed E-state index contributed by atoms with van der Waals surface area (Å²) in [6, 6.07) is 0.753. The van der Waals surface area contributed by atoms with Crippen LogP contribution in [0.2, 0.25) is 0 Å². The van der Waals surface area contributed by atoms with Crippen molar-refractivity contribution < 1.29 is 19.1 Å². The molecular formula is C22H33N5O4. The minimum atomic E-state index is -0.744. The van der Waals surface area contributed by atoms with Crippen LogP contribution in [-0.2, 0) is 14.3 Å². The van der Waals surface area contributed by atoms with Crippen molar-refractivity contribution in [2.75, 3.05) is 33.2 Å². The molecule has 9 nitrogen and oxygen atoms in total. The molecule has 1 aliphatic carbocycles. The van der Waals surface area contributed by atoms with Crippen LogP contribution in [0.1, 0.15) is 51.4 Å². The van der Waals surface area contributed by atoms with Crippen molar-refractivity contribution in [2.24, 2.45) is 11.3 Å². The Morgan fingerprint density at radius 3 is 2.65 bits per heavy atom. The number of hydrogen-bond acceptors (Lipinski definition) is 6. The van der Waals surface area contributed by atoms with Gasteiger partial charge in [-0.05, 0) is 57.4 Å². The molecule has 2 N–H and O–H groups in total. The van der Waals surface area contributed by atoms with E-state index in [4.69, 9.17) is 4.74 Å². The number of nitrogens with one attached hydrogen (secondary N) is 2. The molecule has 0 radical (unpaired) electrons. The molecule has 3 heterocycles. The van der Waals surface area contributed by atoms with E-state index in [1.807, 2.05) is 0 Å². The van der Waals surface area contributed by atoms with Crippen LogP contribution in [0.5, 0.6) is 0 Å². The second kappa shape index (κ2) is 9.03. The molecule has 1 saturated carbocycles. The van der Waals surface area contributed by atoms with Crippen molar-refractivity contribution >= 4 is 17.9 Å². The average molecular weight is 432 g/mol. The van der Waals surface area contributed by atoms with Gasteiger partial charge in [-0.2, -0.15) is 5.26 Å². The Balaban J connectivity index is 1.39. The first-order valence-electron chi connectivity index (χ1n) is 11.5. The van der Waals surface area contributed by atoms with Crippen LogP contribution in [-0.4, -0.2) is 79.1 Å². The number of hydrogen-bond donors (Lipinski definition) is 2. The summed E-state index contributed by atoms with van der Waals surface area (Å²) >= 11 is 0. The number of nitriles is 1. The summed E-state index contributed by atoms with van der Waals surface area (Å²) < 4.78 is 5.78. The fourth-order valence-corrected chi connectivity index (χ4v) is 5.40. The zero-order valence-electron chi connectivity index (χ0n) is 18.3. The quantitative estimate of drug-likeness (QED) is 0.671. The molecular weight excluding hydrogens is 398 g/mol. The highest BCUT2D eigenvalue weighted by atomic mass is 16.6. The lowest BCUT2D eigenvalue weighted by molar-refractivity contribution is -0.127. The number of piperidine rings is 1. The highest BCUT2D eigenvalue weighted by Crippen LogP contribution is 2.50. The standard InChI is InChI=1S/C22H33N5O4/c1-26-9-4-17(5-10-26)31-21(30)27-14-22(6-2-7-22)12-18(27)20(29)25-16(13-23)11-15-3-8-24-19(15)28/h15-18H,2-12,14H2,1H3,(H,24,28)(H,25,29)/t15-,16-,18-/m0/s1. The van der Waals surface area contributed by atoms with E-state index in [0.717, 1.165) is 45.2 Å². The summed E-state index contributed by atoms with van der Waals surface area (Å²) in [5.41, 5.74) is 0.00128. The molecule has 0 aromatic heterocycles. The molecule has 9 heteroatoms. The number of rotatable bonds is 5. The van der Waals surface area contributed by atoms with E-state index in [1.165, 1.54) is 0 Å². The number of carbonyl (C=O) groups is 3. The van der Waals surface area contributed by atoms with E-state index < -0.39 is 18.2 Å². The number of ether oxygens (including phenoxy) is 1. The lowest BCUT2D eigenvalue weighted by Crippen LogP contribution is -2.50. The summed E-state index contributed by atoms with van der Waals surface area (Å²) in [6.45, 7) is 2.94. The molecule has 170 valence electrons. The molecule has 3 saturated heterocycles. The lowest BCUT2D eigenvalue weighted by Gasteiger charge is -2.37. The first-order chi connectivity index (χ1) is 14.9. The summed E-state index contributed by atoms with van der Waals surface area (Å²) in [5, 5.41) is 15.1. The van der Waals surface area contributed by atoms with Crippen molar-refractivity contribution in [3.8, 4) is 6.07 Å². The fourth-order valence-electron chi connectivity index (χ4n) is 5.40. The number of amides is 3.